The van der Waals surface area contributed by atoms with Crippen LogP contribution in [-0.2, 0) is 16.1 Å². The standard InChI is InChI=1S/C19H16O2/c1-20-19-18-15(12-21-19)11-14-9-5-6-10-16(14)17(18)13-7-3-2-4-8-13/h2-11,19H,12H2,1H3. The van der Waals surface area contributed by atoms with Crippen molar-refractivity contribution in [1.29, 1.82) is 0 Å². The van der Waals surface area contributed by atoms with Crippen LogP contribution in [0, 0.1) is 0 Å². The molecule has 2 heteroatoms. The summed E-state index contributed by atoms with van der Waals surface area (Å²) in [4.78, 5) is 0. The molecular formula is C19H16O2. The third kappa shape index (κ3) is 1.96. The molecule has 4 rings (SSSR count). The molecule has 0 radical (unpaired) electrons. The van der Waals surface area contributed by atoms with Crippen molar-refractivity contribution in [2.75, 3.05) is 7.11 Å². The maximum absolute atomic E-state index is 5.78. The normalized spacial score (nSPS) is 17.1. The molecule has 1 unspecified atom stereocenters. The van der Waals surface area contributed by atoms with E-state index in [-0.39, 0.29) is 6.29 Å². The molecule has 0 amide bonds. The molecule has 0 saturated carbocycles. The van der Waals surface area contributed by atoms with Crippen LogP contribution in [0.25, 0.3) is 21.9 Å². The quantitative estimate of drug-likeness (QED) is 0.676. The van der Waals surface area contributed by atoms with Crippen molar-refractivity contribution in [2.45, 2.75) is 12.9 Å². The van der Waals surface area contributed by atoms with E-state index in [0.717, 1.165) is 0 Å². The lowest BCUT2D eigenvalue weighted by molar-refractivity contribution is -0.117. The van der Waals surface area contributed by atoms with Gasteiger partial charge in [0.05, 0.1) is 6.61 Å². The second kappa shape index (κ2) is 4.99. The summed E-state index contributed by atoms with van der Waals surface area (Å²) in [6, 6.07) is 21.2. The molecule has 0 aromatic heterocycles. The highest BCUT2D eigenvalue weighted by Crippen LogP contribution is 2.43. The number of benzene rings is 3. The summed E-state index contributed by atoms with van der Waals surface area (Å²) in [5, 5.41) is 2.49. The van der Waals surface area contributed by atoms with E-state index in [1.54, 1.807) is 7.11 Å². The average molecular weight is 276 g/mol. The van der Waals surface area contributed by atoms with Gasteiger partial charge in [0.15, 0.2) is 6.29 Å². The molecular weight excluding hydrogens is 260 g/mol. The van der Waals surface area contributed by atoms with Crippen molar-refractivity contribution < 1.29 is 9.47 Å². The molecule has 1 atom stereocenters. The van der Waals surface area contributed by atoms with Crippen LogP contribution in [0.4, 0.5) is 0 Å². The summed E-state index contributed by atoms with van der Waals surface area (Å²) in [6.07, 6.45) is -0.278. The largest absolute Gasteiger partial charge is 0.352 e. The molecule has 0 N–H and O–H groups in total. The van der Waals surface area contributed by atoms with Crippen LogP contribution >= 0.6 is 0 Å². The number of hydrogen-bond donors (Lipinski definition) is 0. The lowest BCUT2D eigenvalue weighted by Gasteiger charge is -2.16. The number of hydrogen-bond acceptors (Lipinski definition) is 2. The topological polar surface area (TPSA) is 18.5 Å². The molecule has 0 aliphatic carbocycles. The van der Waals surface area contributed by atoms with Crippen molar-refractivity contribution >= 4 is 10.8 Å². The maximum atomic E-state index is 5.78. The zero-order chi connectivity index (χ0) is 14.2. The average Bonchev–Trinajstić information content (AvgIpc) is 2.96. The van der Waals surface area contributed by atoms with E-state index in [9.17, 15) is 0 Å². The van der Waals surface area contributed by atoms with Crippen molar-refractivity contribution in [3.8, 4) is 11.1 Å². The summed E-state index contributed by atoms with van der Waals surface area (Å²) in [5.41, 5.74) is 4.83. The lowest BCUT2D eigenvalue weighted by Crippen LogP contribution is -2.01. The van der Waals surface area contributed by atoms with Gasteiger partial charge in [0.25, 0.3) is 0 Å². The molecule has 104 valence electrons. The zero-order valence-corrected chi connectivity index (χ0v) is 11.9. The Hall–Kier alpha value is -2.16. The van der Waals surface area contributed by atoms with E-state index in [2.05, 4.69) is 54.6 Å². The number of ether oxygens (including phenoxy) is 2. The summed E-state index contributed by atoms with van der Waals surface area (Å²) in [5.74, 6) is 0. The fourth-order valence-electron chi connectivity index (χ4n) is 3.16. The van der Waals surface area contributed by atoms with E-state index < -0.39 is 0 Å². The molecule has 2 nitrogen and oxygen atoms in total. The first-order valence-corrected chi connectivity index (χ1v) is 7.13. The number of rotatable bonds is 2. The molecule has 0 spiro atoms. The summed E-state index contributed by atoms with van der Waals surface area (Å²) < 4.78 is 11.3. The van der Waals surface area contributed by atoms with Gasteiger partial charge in [-0.3, -0.25) is 0 Å². The second-order valence-corrected chi connectivity index (χ2v) is 5.29. The van der Waals surface area contributed by atoms with Gasteiger partial charge in [-0.15, -0.1) is 0 Å². The molecule has 0 saturated heterocycles. The van der Waals surface area contributed by atoms with Crippen molar-refractivity contribution in [3.63, 3.8) is 0 Å². The predicted octanol–water partition coefficient (Wildman–Crippen LogP) is 4.68. The van der Waals surface area contributed by atoms with E-state index >= 15 is 0 Å². The third-order valence-electron chi connectivity index (χ3n) is 4.08. The summed E-state index contributed by atoms with van der Waals surface area (Å²) in [6.45, 7) is 0.610. The Labute approximate surface area is 123 Å². The van der Waals surface area contributed by atoms with Gasteiger partial charge in [0, 0.05) is 12.7 Å². The molecule has 1 aliphatic rings. The number of fused-ring (bicyclic) bond motifs is 2. The molecule has 0 bridgehead atoms. The first-order valence-electron chi connectivity index (χ1n) is 7.13. The highest BCUT2D eigenvalue weighted by Gasteiger charge is 2.28. The SMILES string of the molecule is COC1OCc2cc3ccccc3c(-c3ccccc3)c21. The van der Waals surface area contributed by atoms with Crippen LogP contribution in [0.15, 0.2) is 60.7 Å². The fraction of sp³-hybridized carbons (Fsp3) is 0.158. The lowest BCUT2D eigenvalue weighted by atomic mass is 9.90. The Kier molecular flexibility index (Phi) is 2.99. The van der Waals surface area contributed by atoms with Crippen LogP contribution < -0.4 is 0 Å². The minimum atomic E-state index is -0.278. The van der Waals surface area contributed by atoms with Crippen LogP contribution in [0.2, 0.25) is 0 Å². The van der Waals surface area contributed by atoms with Gasteiger partial charge >= 0.3 is 0 Å². The Morgan fingerprint density at radius 2 is 1.76 bits per heavy atom. The van der Waals surface area contributed by atoms with Gasteiger partial charge < -0.3 is 9.47 Å². The van der Waals surface area contributed by atoms with Gasteiger partial charge in [0.2, 0.25) is 0 Å². The monoisotopic (exact) mass is 276 g/mol. The second-order valence-electron chi connectivity index (χ2n) is 5.29. The number of methoxy groups -OCH3 is 1. The highest BCUT2D eigenvalue weighted by molar-refractivity contribution is 5.99. The van der Waals surface area contributed by atoms with Gasteiger partial charge in [-0.1, -0.05) is 54.6 Å². The highest BCUT2D eigenvalue weighted by atomic mass is 16.7. The Bertz CT molecular complexity index is 793. The van der Waals surface area contributed by atoms with E-state index in [0.29, 0.717) is 6.61 Å². The van der Waals surface area contributed by atoms with Gasteiger partial charge in [0.1, 0.15) is 0 Å². The van der Waals surface area contributed by atoms with Crippen LogP contribution in [-0.4, -0.2) is 7.11 Å². The molecule has 1 aliphatic heterocycles. The maximum Gasteiger partial charge on any atom is 0.184 e. The van der Waals surface area contributed by atoms with Crippen molar-refractivity contribution in [2.24, 2.45) is 0 Å². The Morgan fingerprint density at radius 3 is 2.57 bits per heavy atom. The zero-order valence-electron chi connectivity index (χ0n) is 11.9. The minimum absolute atomic E-state index is 0.278. The molecule has 0 fully saturated rings. The van der Waals surface area contributed by atoms with Crippen molar-refractivity contribution in [1.82, 2.24) is 0 Å². The first-order chi connectivity index (χ1) is 10.4. The Morgan fingerprint density at radius 1 is 1.00 bits per heavy atom. The molecule has 3 aromatic carbocycles. The first kappa shape index (κ1) is 12.6. The van der Waals surface area contributed by atoms with Crippen LogP contribution in [0.3, 0.4) is 0 Å². The smallest absolute Gasteiger partial charge is 0.184 e. The minimum Gasteiger partial charge on any atom is -0.352 e. The fourth-order valence-corrected chi connectivity index (χ4v) is 3.16. The molecule has 21 heavy (non-hydrogen) atoms. The van der Waals surface area contributed by atoms with Crippen LogP contribution in [0.1, 0.15) is 17.4 Å². The summed E-state index contributed by atoms with van der Waals surface area (Å²) >= 11 is 0. The predicted molar refractivity (Wildman–Crippen MR) is 83.9 cm³/mol. The third-order valence-corrected chi connectivity index (χ3v) is 4.08. The molecule has 1 heterocycles. The van der Waals surface area contributed by atoms with E-state index in [1.165, 1.54) is 33.0 Å². The Balaban J connectivity index is 2.11. The van der Waals surface area contributed by atoms with E-state index in [4.69, 9.17) is 9.47 Å². The van der Waals surface area contributed by atoms with Crippen LogP contribution in [0.5, 0.6) is 0 Å². The van der Waals surface area contributed by atoms with Gasteiger partial charge in [-0.25, -0.2) is 0 Å². The van der Waals surface area contributed by atoms with Gasteiger partial charge in [-0.2, -0.15) is 0 Å². The van der Waals surface area contributed by atoms with Crippen molar-refractivity contribution in [3.05, 3.63) is 71.8 Å². The van der Waals surface area contributed by atoms with Gasteiger partial charge in [-0.05, 0) is 33.5 Å². The van der Waals surface area contributed by atoms with E-state index in [1.807, 2.05) is 6.07 Å². The molecule has 3 aromatic rings. The summed E-state index contributed by atoms with van der Waals surface area (Å²) in [7, 11) is 1.70.